The fourth-order valence-corrected chi connectivity index (χ4v) is 2.11. The molecular formula is C13H17NO. The standard InChI is InChI=1S/C13H17NO/c1-13(2)7-12-6-10(9-15)4-5-11(12)8-14(13)3/h4-6,9H,7-8H2,1-3H3. The van der Waals surface area contributed by atoms with Crippen molar-refractivity contribution < 1.29 is 4.79 Å². The van der Waals surface area contributed by atoms with Gasteiger partial charge in [0.15, 0.2) is 0 Å². The van der Waals surface area contributed by atoms with Crippen LogP contribution < -0.4 is 0 Å². The van der Waals surface area contributed by atoms with Crippen molar-refractivity contribution in [3.63, 3.8) is 0 Å². The second kappa shape index (κ2) is 3.46. The summed E-state index contributed by atoms with van der Waals surface area (Å²) in [5, 5.41) is 0. The zero-order chi connectivity index (χ0) is 11.1. The molecule has 0 aromatic heterocycles. The molecule has 0 unspecified atom stereocenters. The molecule has 0 N–H and O–H groups in total. The van der Waals surface area contributed by atoms with Gasteiger partial charge in [-0.05, 0) is 44.5 Å². The summed E-state index contributed by atoms with van der Waals surface area (Å²) < 4.78 is 0. The Bertz CT molecular complexity index is 396. The van der Waals surface area contributed by atoms with Gasteiger partial charge in [-0.2, -0.15) is 0 Å². The molecule has 0 radical (unpaired) electrons. The molecule has 0 bridgehead atoms. The molecule has 0 saturated carbocycles. The Hall–Kier alpha value is -1.15. The van der Waals surface area contributed by atoms with Crippen molar-refractivity contribution in [2.24, 2.45) is 0 Å². The Balaban J connectivity index is 2.42. The quantitative estimate of drug-likeness (QED) is 0.652. The topological polar surface area (TPSA) is 20.3 Å². The van der Waals surface area contributed by atoms with Crippen molar-refractivity contribution in [3.05, 3.63) is 34.9 Å². The van der Waals surface area contributed by atoms with Crippen LogP contribution in [0.15, 0.2) is 18.2 Å². The minimum Gasteiger partial charge on any atom is -0.298 e. The Morgan fingerprint density at radius 1 is 1.33 bits per heavy atom. The van der Waals surface area contributed by atoms with Gasteiger partial charge in [0, 0.05) is 17.6 Å². The van der Waals surface area contributed by atoms with E-state index in [0.29, 0.717) is 0 Å². The SMILES string of the molecule is CN1Cc2ccc(C=O)cc2CC1(C)C. The van der Waals surface area contributed by atoms with Crippen LogP contribution in [0.2, 0.25) is 0 Å². The lowest BCUT2D eigenvalue weighted by molar-refractivity contribution is 0.112. The second-order valence-corrected chi connectivity index (χ2v) is 4.99. The lowest BCUT2D eigenvalue weighted by atomic mass is 9.85. The molecule has 0 amide bonds. The van der Waals surface area contributed by atoms with Crippen LogP contribution in [0.5, 0.6) is 0 Å². The average molecular weight is 203 g/mol. The number of aldehydes is 1. The van der Waals surface area contributed by atoms with E-state index >= 15 is 0 Å². The number of carbonyl (C=O) groups excluding carboxylic acids is 1. The summed E-state index contributed by atoms with van der Waals surface area (Å²) in [4.78, 5) is 13.1. The third-order valence-electron chi connectivity index (χ3n) is 3.43. The van der Waals surface area contributed by atoms with Crippen molar-refractivity contribution >= 4 is 6.29 Å². The average Bonchev–Trinajstić information content (AvgIpc) is 2.18. The van der Waals surface area contributed by atoms with E-state index < -0.39 is 0 Å². The highest BCUT2D eigenvalue weighted by Gasteiger charge is 2.29. The molecule has 1 aromatic carbocycles. The van der Waals surface area contributed by atoms with Crippen LogP contribution in [0.25, 0.3) is 0 Å². The van der Waals surface area contributed by atoms with Crippen molar-refractivity contribution in [1.82, 2.24) is 4.90 Å². The lowest BCUT2D eigenvalue weighted by Crippen LogP contribution is -2.45. The number of carbonyl (C=O) groups is 1. The molecule has 0 spiro atoms. The summed E-state index contributed by atoms with van der Waals surface area (Å²) >= 11 is 0. The van der Waals surface area contributed by atoms with E-state index in [9.17, 15) is 4.79 Å². The number of hydrogen-bond donors (Lipinski definition) is 0. The Labute approximate surface area is 90.9 Å². The second-order valence-electron chi connectivity index (χ2n) is 4.99. The molecule has 1 aliphatic heterocycles. The number of hydrogen-bond acceptors (Lipinski definition) is 2. The zero-order valence-corrected chi connectivity index (χ0v) is 9.58. The number of benzene rings is 1. The Morgan fingerprint density at radius 2 is 2.07 bits per heavy atom. The van der Waals surface area contributed by atoms with E-state index in [-0.39, 0.29) is 5.54 Å². The van der Waals surface area contributed by atoms with E-state index in [4.69, 9.17) is 0 Å². The number of rotatable bonds is 1. The molecule has 0 atom stereocenters. The molecule has 80 valence electrons. The van der Waals surface area contributed by atoms with Gasteiger partial charge in [-0.1, -0.05) is 12.1 Å². The van der Waals surface area contributed by atoms with Gasteiger partial charge in [-0.3, -0.25) is 9.69 Å². The summed E-state index contributed by atoms with van der Waals surface area (Å²) in [6, 6.07) is 6.00. The van der Waals surface area contributed by atoms with Gasteiger partial charge in [-0.25, -0.2) is 0 Å². The van der Waals surface area contributed by atoms with Gasteiger partial charge < -0.3 is 0 Å². The minimum absolute atomic E-state index is 0.189. The monoisotopic (exact) mass is 203 g/mol. The molecule has 0 fully saturated rings. The fraction of sp³-hybridized carbons (Fsp3) is 0.462. The maximum absolute atomic E-state index is 10.7. The van der Waals surface area contributed by atoms with Crippen LogP contribution in [-0.4, -0.2) is 23.8 Å². The number of likely N-dealkylation sites (N-methyl/N-ethyl adjacent to an activating group) is 1. The first-order chi connectivity index (χ1) is 7.03. The van der Waals surface area contributed by atoms with Gasteiger partial charge in [0.25, 0.3) is 0 Å². The zero-order valence-electron chi connectivity index (χ0n) is 9.58. The molecule has 0 saturated heterocycles. The molecule has 2 heteroatoms. The Kier molecular flexibility index (Phi) is 2.39. The van der Waals surface area contributed by atoms with Crippen molar-refractivity contribution in [2.45, 2.75) is 32.4 Å². The van der Waals surface area contributed by atoms with E-state index in [0.717, 1.165) is 24.8 Å². The smallest absolute Gasteiger partial charge is 0.150 e. The van der Waals surface area contributed by atoms with E-state index in [1.807, 2.05) is 12.1 Å². The van der Waals surface area contributed by atoms with Crippen molar-refractivity contribution in [2.75, 3.05) is 7.05 Å². The molecule has 0 aliphatic carbocycles. The summed E-state index contributed by atoms with van der Waals surface area (Å²) in [5.74, 6) is 0. The predicted molar refractivity (Wildman–Crippen MR) is 61.1 cm³/mol. The lowest BCUT2D eigenvalue weighted by Gasteiger charge is -2.41. The first-order valence-electron chi connectivity index (χ1n) is 5.31. The maximum Gasteiger partial charge on any atom is 0.150 e. The van der Waals surface area contributed by atoms with Gasteiger partial charge in [-0.15, -0.1) is 0 Å². The highest BCUT2D eigenvalue weighted by Crippen LogP contribution is 2.29. The molecule has 1 aromatic rings. The normalized spacial score (nSPS) is 19.7. The highest BCUT2D eigenvalue weighted by molar-refractivity contribution is 5.75. The van der Waals surface area contributed by atoms with Crippen LogP contribution in [0, 0.1) is 0 Å². The number of fused-ring (bicyclic) bond motifs is 1. The Morgan fingerprint density at radius 3 is 2.73 bits per heavy atom. The van der Waals surface area contributed by atoms with Crippen molar-refractivity contribution in [1.29, 1.82) is 0 Å². The van der Waals surface area contributed by atoms with Gasteiger partial charge >= 0.3 is 0 Å². The van der Waals surface area contributed by atoms with Crippen molar-refractivity contribution in [3.8, 4) is 0 Å². The summed E-state index contributed by atoms with van der Waals surface area (Å²) in [6.45, 7) is 5.45. The largest absolute Gasteiger partial charge is 0.298 e. The van der Waals surface area contributed by atoms with E-state index in [2.05, 4.69) is 31.9 Å². The molecule has 1 heterocycles. The van der Waals surface area contributed by atoms with E-state index in [1.54, 1.807) is 0 Å². The molecule has 15 heavy (non-hydrogen) atoms. The maximum atomic E-state index is 10.7. The molecule has 2 rings (SSSR count). The van der Waals surface area contributed by atoms with Gasteiger partial charge in [0.2, 0.25) is 0 Å². The number of nitrogens with zero attached hydrogens (tertiary/aromatic N) is 1. The van der Waals surface area contributed by atoms with Crippen LogP contribution >= 0.6 is 0 Å². The minimum atomic E-state index is 0.189. The summed E-state index contributed by atoms with van der Waals surface area (Å²) in [5.41, 5.74) is 3.65. The van der Waals surface area contributed by atoms with Crippen LogP contribution in [0.1, 0.15) is 35.3 Å². The molecule has 2 nitrogen and oxygen atoms in total. The van der Waals surface area contributed by atoms with E-state index in [1.165, 1.54) is 11.1 Å². The summed E-state index contributed by atoms with van der Waals surface area (Å²) in [6.07, 6.45) is 1.94. The third-order valence-corrected chi connectivity index (χ3v) is 3.43. The summed E-state index contributed by atoms with van der Waals surface area (Å²) in [7, 11) is 2.15. The van der Waals surface area contributed by atoms with Crippen LogP contribution in [-0.2, 0) is 13.0 Å². The fourth-order valence-electron chi connectivity index (χ4n) is 2.11. The van der Waals surface area contributed by atoms with Gasteiger partial charge in [0.05, 0.1) is 0 Å². The third kappa shape index (κ3) is 1.82. The first kappa shape index (κ1) is 10.4. The predicted octanol–water partition coefficient (Wildman–Crippen LogP) is 2.27. The molecule has 1 aliphatic rings. The van der Waals surface area contributed by atoms with Crippen LogP contribution in [0.4, 0.5) is 0 Å². The molecular weight excluding hydrogens is 186 g/mol. The highest BCUT2D eigenvalue weighted by atomic mass is 16.1. The van der Waals surface area contributed by atoms with Gasteiger partial charge in [0.1, 0.15) is 6.29 Å². The first-order valence-corrected chi connectivity index (χ1v) is 5.31. The van der Waals surface area contributed by atoms with Crippen LogP contribution in [0.3, 0.4) is 0 Å².